The molecule has 0 fully saturated rings. The van der Waals surface area contributed by atoms with Crippen molar-refractivity contribution in [1.29, 1.82) is 0 Å². The van der Waals surface area contributed by atoms with Gasteiger partial charge in [-0.05, 0) is 67.1 Å². The number of anilines is 2. The molecule has 0 aliphatic carbocycles. The van der Waals surface area contributed by atoms with Crippen molar-refractivity contribution >= 4 is 58.1 Å². The van der Waals surface area contributed by atoms with E-state index >= 15 is 0 Å². The zero-order valence-corrected chi connectivity index (χ0v) is 23.2. The van der Waals surface area contributed by atoms with Gasteiger partial charge in [0.25, 0.3) is 11.4 Å². The smallest absolute Gasteiger partial charge is 0.283 e. The van der Waals surface area contributed by atoms with Crippen LogP contribution in [-0.2, 0) is 9.59 Å². The van der Waals surface area contributed by atoms with Gasteiger partial charge in [-0.25, -0.2) is 0 Å². The van der Waals surface area contributed by atoms with Crippen molar-refractivity contribution in [3.63, 3.8) is 0 Å². The minimum Gasteiger partial charge on any atom is -0.326 e. The van der Waals surface area contributed by atoms with Crippen molar-refractivity contribution in [3.8, 4) is 0 Å². The number of para-hydroxylation sites is 2. The number of nitrogens with one attached hydrogen (secondary N) is 2. The maximum atomic E-state index is 12.3. The van der Waals surface area contributed by atoms with E-state index in [0.717, 1.165) is 9.79 Å². The van der Waals surface area contributed by atoms with Crippen LogP contribution in [-0.4, -0.2) is 21.7 Å². The second-order valence-electron chi connectivity index (χ2n) is 8.65. The van der Waals surface area contributed by atoms with Crippen LogP contribution in [0.1, 0.15) is 19.3 Å². The second-order valence-corrected chi connectivity index (χ2v) is 10.9. The van der Waals surface area contributed by atoms with E-state index in [-0.39, 0.29) is 36.0 Å². The molecular weight excluding hydrogens is 564 g/mol. The van der Waals surface area contributed by atoms with Gasteiger partial charge in [0.1, 0.15) is 0 Å². The molecule has 0 unspecified atom stereocenters. The lowest BCUT2D eigenvalue weighted by atomic mass is 10.2. The molecule has 0 aromatic heterocycles. The molecule has 2 N–H and O–H groups in total. The Kier molecular flexibility index (Phi) is 10.1. The van der Waals surface area contributed by atoms with Crippen LogP contribution in [0.2, 0.25) is 0 Å². The minimum absolute atomic E-state index is 0.0336. The van der Waals surface area contributed by atoms with Gasteiger partial charge in [-0.2, -0.15) is 0 Å². The van der Waals surface area contributed by atoms with Crippen LogP contribution in [0.3, 0.4) is 0 Å². The Balaban J connectivity index is 1.20. The third-order valence-corrected chi connectivity index (χ3v) is 7.81. The van der Waals surface area contributed by atoms with Crippen molar-refractivity contribution < 1.29 is 19.4 Å². The van der Waals surface area contributed by atoms with E-state index in [2.05, 4.69) is 10.6 Å². The average molecular weight is 589 g/mol. The summed E-state index contributed by atoms with van der Waals surface area (Å²) in [6, 6.07) is 27.0. The molecule has 2 amide bonds. The van der Waals surface area contributed by atoms with Crippen LogP contribution in [0, 0.1) is 20.2 Å². The monoisotopic (exact) mass is 588 g/mol. The summed E-state index contributed by atoms with van der Waals surface area (Å²) in [6.07, 6.45) is 0.673. The Morgan fingerprint density at radius 3 is 1.32 bits per heavy atom. The number of benzene rings is 4. The number of nitro groups is 2. The van der Waals surface area contributed by atoms with E-state index in [4.69, 9.17) is 0 Å². The zero-order valence-electron chi connectivity index (χ0n) is 21.5. The Morgan fingerprint density at radius 1 is 0.585 bits per heavy atom. The summed E-state index contributed by atoms with van der Waals surface area (Å²) in [7, 11) is 0. The molecule has 12 heteroatoms. The Bertz CT molecular complexity index is 1450. The van der Waals surface area contributed by atoms with E-state index in [1.54, 1.807) is 84.9 Å². The summed E-state index contributed by atoms with van der Waals surface area (Å²) in [5.74, 6) is -0.457. The van der Waals surface area contributed by atoms with Gasteiger partial charge in [0.05, 0.1) is 19.6 Å². The number of nitro benzene ring substituents is 2. The zero-order chi connectivity index (χ0) is 29.2. The fraction of sp³-hybridized carbons (Fsp3) is 0.103. The summed E-state index contributed by atoms with van der Waals surface area (Å²) >= 11 is 2.53. The molecule has 0 saturated heterocycles. The topological polar surface area (TPSA) is 144 Å². The van der Waals surface area contributed by atoms with E-state index < -0.39 is 9.85 Å². The van der Waals surface area contributed by atoms with E-state index in [1.807, 2.05) is 0 Å². The van der Waals surface area contributed by atoms with Gasteiger partial charge in [-0.3, -0.25) is 29.8 Å². The second kappa shape index (κ2) is 14.1. The highest BCUT2D eigenvalue weighted by atomic mass is 32.2. The predicted octanol–water partition coefficient (Wildman–Crippen LogP) is 7.55. The fourth-order valence-electron chi connectivity index (χ4n) is 3.71. The standard InChI is InChI=1S/C29H24N4O6S2/c34-28(30-20-12-16-22(17-13-20)40-26-8-3-1-6-24(26)32(36)37)10-5-11-29(35)31-21-14-18-23(19-15-21)41-27-9-4-2-7-25(27)33(38)39/h1-4,6-9,12-19H,5,10-11H2,(H,30,34)(H,31,35). The molecule has 0 aliphatic heterocycles. The van der Waals surface area contributed by atoms with Crippen molar-refractivity contribution in [2.45, 2.75) is 38.8 Å². The lowest BCUT2D eigenvalue weighted by Crippen LogP contribution is -2.14. The number of carbonyl (C=O) groups is 2. The summed E-state index contributed by atoms with van der Waals surface area (Å²) < 4.78 is 0. The molecule has 4 rings (SSSR count). The Hall–Kier alpha value is -4.68. The molecule has 0 saturated carbocycles. The molecule has 41 heavy (non-hydrogen) atoms. The lowest BCUT2D eigenvalue weighted by molar-refractivity contribution is -0.387. The maximum absolute atomic E-state index is 12.3. The SMILES string of the molecule is O=C(CCCC(=O)Nc1ccc(Sc2ccccc2[N+](=O)[O-])cc1)Nc1ccc(Sc2ccccc2[N+](=O)[O-])cc1. The van der Waals surface area contributed by atoms with Crippen LogP contribution >= 0.6 is 23.5 Å². The summed E-state index contributed by atoms with van der Waals surface area (Å²) in [5.41, 5.74) is 1.24. The van der Waals surface area contributed by atoms with Gasteiger partial charge >= 0.3 is 0 Å². The van der Waals surface area contributed by atoms with E-state index in [9.17, 15) is 29.8 Å². The van der Waals surface area contributed by atoms with Gasteiger partial charge in [0.15, 0.2) is 0 Å². The molecule has 0 heterocycles. The first-order valence-electron chi connectivity index (χ1n) is 12.4. The maximum Gasteiger partial charge on any atom is 0.283 e. The number of amides is 2. The molecular formula is C29H24N4O6S2. The molecule has 0 bridgehead atoms. The van der Waals surface area contributed by atoms with Crippen LogP contribution in [0.25, 0.3) is 0 Å². The number of carbonyl (C=O) groups excluding carboxylic acids is 2. The Morgan fingerprint density at radius 2 is 0.951 bits per heavy atom. The van der Waals surface area contributed by atoms with Crippen LogP contribution in [0.5, 0.6) is 0 Å². The van der Waals surface area contributed by atoms with Gasteiger partial charge in [-0.15, -0.1) is 0 Å². The molecule has 208 valence electrons. The van der Waals surface area contributed by atoms with Crippen LogP contribution < -0.4 is 10.6 Å². The van der Waals surface area contributed by atoms with Gasteiger partial charge < -0.3 is 10.6 Å². The summed E-state index contributed by atoms with van der Waals surface area (Å²) in [5, 5.41) is 28.0. The van der Waals surface area contributed by atoms with Crippen molar-refractivity contribution in [3.05, 3.63) is 117 Å². The molecule has 10 nitrogen and oxygen atoms in total. The highest BCUT2D eigenvalue weighted by molar-refractivity contribution is 7.99. The quantitative estimate of drug-likeness (QED) is 0.127. The minimum atomic E-state index is -0.420. The normalized spacial score (nSPS) is 10.5. The van der Waals surface area contributed by atoms with Gasteiger partial charge in [0, 0.05) is 46.1 Å². The number of nitrogens with zero attached hydrogens (tertiary/aromatic N) is 2. The summed E-state index contributed by atoms with van der Waals surface area (Å²) in [4.78, 5) is 48.9. The van der Waals surface area contributed by atoms with E-state index in [1.165, 1.54) is 35.7 Å². The molecule has 4 aromatic carbocycles. The van der Waals surface area contributed by atoms with Crippen molar-refractivity contribution in [2.24, 2.45) is 0 Å². The first-order chi connectivity index (χ1) is 19.8. The van der Waals surface area contributed by atoms with Crippen molar-refractivity contribution in [2.75, 3.05) is 10.6 Å². The lowest BCUT2D eigenvalue weighted by Gasteiger charge is -2.08. The number of hydrogen-bond donors (Lipinski definition) is 2. The van der Waals surface area contributed by atoms with Crippen molar-refractivity contribution in [1.82, 2.24) is 0 Å². The number of hydrogen-bond acceptors (Lipinski definition) is 8. The summed E-state index contributed by atoms with van der Waals surface area (Å²) in [6.45, 7) is 0. The van der Waals surface area contributed by atoms with Gasteiger partial charge in [0.2, 0.25) is 11.8 Å². The first-order valence-corrected chi connectivity index (χ1v) is 14.0. The average Bonchev–Trinajstić information content (AvgIpc) is 2.95. The molecule has 4 aromatic rings. The highest BCUT2D eigenvalue weighted by Gasteiger charge is 2.15. The molecule has 0 aliphatic rings. The first kappa shape index (κ1) is 29.3. The van der Waals surface area contributed by atoms with Crippen LogP contribution in [0.15, 0.2) is 117 Å². The van der Waals surface area contributed by atoms with Gasteiger partial charge in [-0.1, -0.05) is 47.8 Å². The largest absolute Gasteiger partial charge is 0.326 e. The molecule has 0 atom stereocenters. The van der Waals surface area contributed by atoms with Crippen LogP contribution in [0.4, 0.5) is 22.7 Å². The van der Waals surface area contributed by atoms with E-state index in [0.29, 0.717) is 27.6 Å². The Labute approximate surface area is 243 Å². The number of rotatable bonds is 12. The molecule has 0 radical (unpaired) electrons. The fourth-order valence-corrected chi connectivity index (χ4v) is 5.55. The third kappa shape index (κ3) is 8.65. The third-order valence-electron chi connectivity index (χ3n) is 5.66. The molecule has 0 spiro atoms. The highest BCUT2D eigenvalue weighted by Crippen LogP contribution is 2.36. The predicted molar refractivity (Wildman–Crippen MR) is 158 cm³/mol.